The topological polar surface area (TPSA) is 59.2 Å². The molecule has 0 spiro atoms. The maximum Gasteiger partial charge on any atom is 0.244 e. The van der Waals surface area contributed by atoms with Gasteiger partial charge < -0.3 is 10.6 Å². The van der Waals surface area contributed by atoms with Crippen LogP contribution in [0.3, 0.4) is 0 Å². The summed E-state index contributed by atoms with van der Waals surface area (Å²) in [4.78, 5) is 18.8. The van der Waals surface area contributed by atoms with Gasteiger partial charge in [0.05, 0.1) is 6.04 Å². The number of rotatable bonds is 3. The van der Waals surface area contributed by atoms with Crippen LogP contribution < -0.4 is 5.73 Å². The molecule has 4 nitrogen and oxygen atoms in total. The number of benzene rings is 1. The average molecular weight is 293 g/mol. The zero-order valence-electron chi connectivity index (χ0n) is 12.3. The Hall–Kier alpha value is -2.46. The highest BCUT2D eigenvalue weighted by molar-refractivity contribution is 5.83. The van der Waals surface area contributed by atoms with E-state index in [2.05, 4.69) is 11.1 Å². The van der Waals surface area contributed by atoms with Gasteiger partial charge in [0.2, 0.25) is 5.91 Å². The molecule has 1 aromatic carbocycles. The molecule has 1 aromatic heterocycles. The van der Waals surface area contributed by atoms with Crippen molar-refractivity contribution in [2.75, 3.05) is 6.54 Å². The first-order chi connectivity index (χ1) is 10.8. The summed E-state index contributed by atoms with van der Waals surface area (Å²) in [6.45, 7) is 0.582. The van der Waals surface area contributed by atoms with Gasteiger partial charge in [0.25, 0.3) is 0 Å². The Morgan fingerprint density at radius 3 is 2.73 bits per heavy atom. The third-order valence-corrected chi connectivity index (χ3v) is 3.98. The normalized spacial score (nSPS) is 19.0. The molecule has 112 valence electrons. The predicted molar refractivity (Wildman–Crippen MR) is 85.8 cm³/mol. The summed E-state index contributed by atoms with van der Waals surface area (Å²) in [6.07, 6.45) is 8.47. The maximum absolute atomic E-state index is 12.8. The third-order valence-electron chi connectivity index (χ3n) is 3.98. The summed E-state index contributed by atoms with van der Waals surface area (Å²) in [6, 6.07) is 12.8. The van der Waals surface area contributed by atoms with E-state index in [-0.39, 0.29) is 11.9 Å². The van der Waals surface area contributed by atoms with Crippen LogP contribution in [0.4, 0.5) is 0 Å². The summed E-state index contributed by atoms with van der Waals surface area (Å²) in [7, 11) is 0. The van der Waals surface area contributed by atoms with Crippen LogP contribution in [0.25, 0.3) is 0 Å². The van der Waals surface area contributed by atoms with Gasteiger partial charge in [-0.05, 0) is 23.6 Å². The fourth-order valence-corrected chi connectivity index (χ4v) is 2.78. The summed E-state index contributed by atoms with van der Waals surface area (Å²) >= 11 is 0. The highest BCUT2D eigenvalue weighted by Gasteiger charge is 2.29. The van der Waals surface area contributed by atoms with Gasteiger partial charge in [-0.25, -0.2) is 0 Å². The van der Waals surface area contributed by atoms with Crippen LogP contribution in [0, 0.1) is 0 Å². The minimum atomic E-state index is -0.633. The molecule has 2 atom stereocenters. The molecule has 2 aromatic rings. The zero-order valence-corrected chi connectivity index (χ0v) is 12.3. The highest BCUT2D eigenvalue weighted by Crippen LogP contribution is 2.29. The number of nitrogens with zero attached hydrogens (tertiary/aromatic N) is 2. The van der Waals surface area contributed by atoms with Gasteiger partial charge in [0.15, 0.2) is 0 Å². The molecular weight excluding hydrogens is 274 g/mol. The van der Waals surface area contributed by atoms with E-state index in [4.69, 9.17) is 5.73 Å². The molecule has 0 radical (unpaired) electrons. The highest BCUT2D eigenvalue weighted by atomic mass is 16.2. The summed E-state index contributed by atoms with van der Waals surface area (Å²) in [5, 5.41) is 0. The molecule has 1 aliphatic heterocycles. The molecule has 0 unspecified atom stereocenters. The van der Waals surface area contributed by atoms with E-state index >= 15 is 0 Å². The molecule has 2 N–H and O–H groups in total. The van der Waals surface area contributed by atoms with Crippen LogP contribution in [0.2, 0.25) is 0 Å². The predicted octanol–water partition coefficient (Wildman–Crippen LogP) is 2.61. The number of hydrogen-bond acceptors (Lipinski definition) is 3. The van der Waals surface area contributed by atoms with E-state index in [9.17, 15) is 4.79 Å². The first-order valence-electron chi connectivity index (χ1n) is 7.43. The van der Waals surface area contributed by atoms with E-state index in [1.165, 1.54) is 0 Å². The molecule has 1 amide bonds. The molecule has 0 aliphatic carbocycles. The molecule has 1 aliphatic rings. The van der Waals surface area contributed by atoms with Crippen molar-refractivity contribution in [3.8, 4) is 0 Å². The van der Waals surface area contributed by atoms with E-state index in [1.54, 1.807) is 6.20 Å². The standard InChI is InChI=1S/C18H19N3O/c19-17(14-7-2-1-3-8-14)18(22)21-12-5-4-10-16(21)15-9-6-11-20-13-15/h1-9,11,13,16-17H,10,12,19H2/t16-,17+/m1/s1. The number of hydrogen-bond donors (Lipinski definition) is 1. The second-order valence-corrected chi connectivity index (χ2v) is 5.39. The molecule has 0 saturated carbocycles. The smallest absolute Gasteiger partial charge is 0.244 e. The molecule has 0 fully saturated rings. The summed E-state index contributed by atoms with van der Waals surface area (Å²) in [5.41, 5.74) is 8.06. The van der Waals surface area contributed by atoms with Gasteiger partial charge in [0.1, 0.15) is 6.04 Å². The first-order valence-corrected chi connectivity index (χ1v) is 7.43. The van der Waals surface area contributed by atoms with E-state index < -0.39 is 6.04 Å². The van der Waals surface area contributed by atoms with Gasteiger partial charge in [-0.2, -0.15) is 0 Å². The quantitative estimate of drug-likeness (QED) is 0.885. The Morgan fingerprint density at radius 2 is 2.00 bits per heavy atom. The van der Waals surface area contributed by atoms with Crippen LogP contribution in [-0.2, 0) is 4.79 Å². The number of amides is 1. The fourth-order valence-electron chi connectivity index (χ4n) is 2.78. The number of nitrogens with two attached hydrogens (primary N) is 1. The minimum absolute atomic E-state index is 0.000891. The van der Waals surface area contributed by atoms with Crippen LogP contribution >= 0.6 is 0 Å². The fraction of sp³-hybridized carbons (Fsp3) is 0.222. The van der Waals surface area contributed by atoms with Crippen molar-refractivity contribution in [2.45, 2.75) is 18.5 Å². The maximum atomic E-state index is 12.8. The molecule has 3 rings (SSSR count). The van der Waals surface area contributed by atoms with Crippen molar-refractivity contribution in [2.24, 2.45) is 5.73 Å². The van der Waals surface area contributed by atoms with Crippen molar-refractivity contribution >= 4 is 5.91 Å². The van der Waals surface area contributed by atoms with Crippen molar-refractivity contribution < 1.29 is 4.79 Å². The minimum Gasteiger partial charge on any atom is -0.330 e. The second-order valence-electron chi connectivity index (χ2n) is 5.39. The van der Waals surface area contributed by atoms with Gasteiger partial charge in [-0.3, -0.25) is 9.78 Å². The van der Waals surface area contributed by atoms with Crippen LogP contribution in [-0.4, -0.2) is 22.3 Å². The largest absolute Gasteiger partial charge is 0.330 e. The Bertz CT molecular complexity index is 655. The zero-order chi connectivity index (χ0) is 15.4. The lowest BCUT2D eigenvalue weighted by Crippen LogP contribution is -2.42. The lowest BCUT2D eigenvalue weighted by Gasteiger charge is -2.35. The third kappa shape index (κ3) is 2.92. The lowest BCUT2D eigenvalue weighted by atomic mass is 9.98. The molecule has 22 heavy (non-hydrogen) atoms. The van der Waals surface area contributed by atoms with Crippen LogP contribution in [0.5, 0.6) is 0 Å². The molecule has 0 saturated heterocycles. The number of aromatic nitrogens is 1. The molecular formula is C18H19N3O. The van der Waals surface area contributed by atoms with Gasteiger partial charge in [-0.1, -0.05) is 48.6 Å². The number of pyridine rings is 1. The SMILES string of the molecule is N[C@H](C(=O)N1CC=CC[C@@H]1c1cccnc1)c1ccccc1. The van der Waals surface area contributed by atoms with Crippen LogP contribution in [0.1, 0.15) is 29.6 Å². The van der Waals surface area contributed by atoms with Crippen molar-refractivity contribution in [3.63, 3.8) is 0 Å². The van der Waals surface area contributed by atoms with E-state index in [1.807, 2.05) is 59.6 Å². The first kappa shape index (κ1) is 14.5. The van der Waals surface area contributed by atoms with Crippen molar-refractivity contribution in [1.82, 2.24) is 9.88 Å². The van der Waals surface area contributed by atoms with Crippen molar-refractivity contribution in [1.29, 1.82) is 0 Å². The van der Waals surface area contributed by atoms with Gasteiger partial charge >= 0.3 is 0 Å². The Labute approximate surface area is 130 Å². The van der Waals surface area contributed by atoms with E-state index in [0.29, 0.717) is 6.54 Å². The molecule has 0 bridgehead atoms. The van der Waals surface area contributed by atoms with E-state index in [0.717, 1.165) is 17.5 Å². The average Bonchev–Trinajstić information content (AvgIpc) is 2.62. The Balaban J connectivity index is 1.85. The Kier molecular flexibility index (Phi) is 4.30. The number of carbonyl (C=O) groups is 1. The van der Waals surface area contributed by atoms with Gasteiger partial charge in [0, 0.05) is 18.9 Å². The Morgan fingerprint density at radius 1 is 1.18 bits per heavy atom. The second kappa shape index (κ2) is 6.54. The number of carbonyl (C=O) groups excluding carboxylic acids is 1. The monoisotopic (exact) mass is 293 g/mol. The molecule has 4 heteroatoms. The van der Waals surface area contributed by atoms with Gasteiger partial charge in [-0.15, -0.1) is 0 Å². The van der Waals surface area contributed by atoms with Crippen molar-refractivity contribution in [3.05, 3.63) is 78.1 Å². The molecule has 2 heterocycles. The summed E-state index contributed by atoms with van der Waals surface area (Å²) in [5.74, 6) is -0.0515. The van der Waals surface area contributed by atoms with Crippen LogP contribution in [0.15, 0.2) is 67.0 Å². The summed E-state index contributed by atoms with van der Waals surface area (Å²) < 4.78 is 0. The lowest BCUT2D eigenvalue weighted by molar-refractivity contribution is -0.134.